The highest BCUT2D eigenvalue weighted by Crippen LogP contribution is 2.37. The van der Waals surface area contributed by atoms with Gasteiger partial charge in [0.2, 0.25) is 11.7 Å². The van der Waals surface area contributed by atoms with Gasteiger partial charge in [0.1, 0.15) is 5.69 Å². The monoisotopic (exact) mass is 438 g/mol. The van der Waals surface area contributed by atoms with Gasteiger partial charge >= 0.3 is 0 Å². The molecule has 32 heavy (non-hydrogen) atoms. The minimum absolute atomic E-state index is 0.173. The number of pyridine rings is 1. The molecule has 0 radical (unpaired) electrons. The van der Waals surface area contributed by atoms with Crippen LogP contribution < -0.4 is 20.9 Å². The van der Waals surface area contributed by atoms with Crippen LogP contribution in [0.3, 0.4) is 0 Å². The van der Waals surface area contributed by atoms with Crippen molar-refractivity contribution in [3.8, 4) is 17.1 Å². The summed E-state index contributed by atoms with van der Waals surface area (Å²) in [4.78, 5) is 38.1. The van der Waals surface area contributed by atoms with Gasteiger partial charge in [0.25, 0.3) is 11.8 Å². The number of aromatic nitrogens is 3. The molecule has 1 saturated carbocycles. The van der Waals surface area contributed by atoms with Crippen LogP contribution in [0, 0.1) is 6.92 Å². The quantitative estimate of drug-likeness (QED) is 0.452. The number of hydrogen-bond acceptors (Lipinski definition) is 9. The number of carbonyl (C=O) groups excluding carboxylic acids is 2. The number of nitrogens with one attached hydrogen (secondary N) is 3. The first-order valence-corrected chi connectivity index (χ1v) is 9.89. The van der Waals surface area contributed by atoms with Gasteiger partial charge in [0.15, 0.2) is 5.75 Å². The molecule has 3 aromatic rings. The van der Waals surface area contributed by atoms with Crippen LogP contribution in [0.2, 0.25) is 0 Å². The number of para-hydroxylation sites is 1. The van der Waals surface area contributed by atoms with E-state index in [1.165, 1.54) is 26.5 Å². The summed E-state index contributed by atoms with van der Waals surface area (Å²) in [6.07, 6.45) is 3.22. The number of amides is 2. The Bertz CT molecular complexity index is 1160. The third-order valence-electron chi connectivity index (χ3n) is 4.75. The fraction of sp³-hybridized carbons (Fsp3) is 0.286. The third-order valence-corrected chi connectivity index (χ3v) is 4.75. The summed E-state index contributed by atoms with van der Waals surface area (Å²) in [5.74, 6) is 0.379. The molecule has 166 valence electrons. The van der Waals surface area contributed by atoms with Crippen molar-refractivity contribution in [2.45, 2.75) is 25.8 Å². The second-order valence-electron chi connectivity index (χ2n) is 7.15. The first kappa shape index (κ1) is 21.2. The number of anilines is 2. The lowest BCUT2D eigenvalue weighted by molar-refractivity contribution is 0.0538. The number of hydroxylamine groups is 1. The van der Waals surface area contributed by atoms with E-state index in [9.17, 15) is 9.59 Å². The molecule has 2 heterocycles. The smallest absolute Gasteiger partial charge is 0.278 e. The minimum atomic E-state index is -0.527. The Kier molecular flexibility index (Phi) is 5.99. The summed E-state index contributed by atoms with van der Waals surface area (Å²) >= 11 is 0. The van der Waals surface area contributed by atoms with Crippen LogP contribution in [0.4, 0.5) is 11.4 Å². The maximum Gasteiger partial charge on any atom is 0.278 e. The van der Waals surface area contributed by atoms with Crippen LogP contribution >= 0.6 is 0 Å². The zero-order valence-corrected chi connectivity index (χ0v) is 17.8. The number of nitrogens with zero attached hydrogens (tertiary/aromatic N) is 3. The van der Waals surface area contributed by atoms with E-state index in [4.69, 9.17) is 14.1 Å². The van der Waals surface area contributed by atoms with Gasteiger partial charge in [-0.2, -0.15) is 4.98 Å². The van der Waals surface area contributed by atoms with Crippen LogP contribution in [0.15, 0.2) is 35.0 Å². The van der Waals surface area contributed by atoms with Crippen molar-refractivity contribution >= 4 is 23.2 Å². The molecule has 0 unspecified atom stereocenters. The average molecular weight is 438 g/mol. The number of rotatable bonds is 8. The van der Waals surface area contributed by atoms with Gasteiger partial charge in [-0.3, -0.25) is 19.4 Å². The molecule has 3 N–H and O–H groups in total. The molecular weight excluding hydrogens is 416 g/mol. The van der Waals surface area contributed by atoms with Crippen molar-refractivity contribution in [2.75, 3.05) is 19.5 Å². The Hall–Kier alpha value is -3.99. The third kappa shape index (κ3) is 4.52. The van der Waals surface area contributed by atoms with Gasteiger partial charge in [-0.1, -0.05) is 11.2 Å². The molecule has 0 spiro atoms. The highest BCUT2D eigenvalue weighted by molar-refractivity contribution is 6.02. The molecule has 0 bridgehead atoms. The van der Waals surface area contributed by atoms with E-state index in [1.807, 2.05) is 0 Å². The van der Waals surface area contributed by atoms with E-state index < -0.39 is 5.91 Å². The predicted molar refractivity (Wildman–Crippen MR) is 114 cm³/mol. The Morgan fingerprint density at radius 1 is 1.16 bits per heavy atom. The van der Waals surface area contributed by atoms with E-state index in [2.05, 4.69) is 31.2 Å². The van der Waals surface area contributed by atoms with Crippen molar-refractivity contribution in [3.63, 3.8) is 0 Å². The van der Waals surface area contributed by atoms with E-state index in [1.54, 1.807) is 25.1 Å². The lowest BCUT2D eigenvalue weighted by Crippen LogP contribution is -2.27. The van der Waals surface area contributed by atoms with Gasteiger partial charge < -0.3 is 19.9 Å². The number of benzene rings is 1. The van der Waals surface area contributed by atoms with Gasteiger partial charge in [-0.25, -0.2) is 5.48 Å². The van der Waals surface area contributed by atoms with Crippen molar-refractivity contribution < 1.29 is 23.7 Å². The Labute approximate surface area is 183 Å². The maximum absolute atomic E-state index is 12.5. The van der Waals surface area contributed by atoms with Gasteiger partial charge in [0, 0.05) is 19.2 Å². The fourth-order valence-corrected chi connectivity index (χ4v) is 3.08. The molecule has 1 aliphatic carbocycles. The highest BCUT2D eigenvalue weighted by Gasteiger charge is 2.25. The van der Waals surface area contributed by atoms with Crippen molar-refractivity contribution in [2.24, 2.45) is 0 Å². The lowest BCUT2D eigenvalue weighted by atomic mass is 10.1. The summed E-state index contributed by atoms with van der Waals surface area (Å²) in [7, 11) is 2.84. The van der Waals surface area contributed by atoms with Crippen molar-refractivity contribution in [1.82, 2.24) is 25.9 Å². The highest BCUT2D eigenvalue weighted by atomic mass is 16.6. The van der Waals surface area contributed by atoms with Crippen LogP contribution in [-0.2, 0) is 4.84 Å². The molecule has 1 aliphatic rings. The van der Waals surface area contributed by atoms with Crippen LogP contribution in [-0.4, -0.2) is 47.2 Å². The lowest BCUT2D eigenvalue weighted by Gasteiger charge is -2.16. The second kappa shape index (κ2) is 9.02. The van der Waals surface area contributed by atoms with Crippen LogP contribution in [0.1, 0.15) is 39.6 Å². The van der Waals surface area contributed by atoms with E-state index in [-0.39, 0.29) is 23.2 Å². The van der Waals surface area contributed by atoms with Crippen molar-refractivity contribution in [3.05, 3.63) is 47.6 Å². The van der Waals surface area contributed by atoms with Crippen molar-refractivity contribution in [1.29, 1.82) is 0 Å². The normalized spacial score (nSPS) is 12.8. The molecule has 1 fully saturated rings. The topological polar surface area (TPSA) is 140 Å². The molecule has 0 saturated heterocycles. The molecule has 11 nitrogen and oxygen atoms in total. The molecule has 0 atom stereocenters. The fourth-order valence-electron chi connectivity index (χ4n) is 3.08. The summed E-state index contributed by atoms with van der Waals surface area (Å²) in [5.41, 5.74) is 4.09. The number of aryl methyl sites for hydroxylation is 1. The molecular formula is C21H22N6O5. The first-order chi connectivity index (χ1) is 15.5. The number of methoxy groups -OCH3 is 1. The largest absolute Gasteiger partial charge is 0.494 e. The first-order valence-electron chi connectivity index (χ1n) is 9.89. The van der Waals surface area contributed by atoms with Crippen LogP contribution in [0.5, 0.6) is 5.75 Å². The minimum Gasteiger partial charge on any atom is -0.494 e. The molecule has 2 amide bonds. The molecule has 1 aromatic carbocycles. The number of carbonyl (C=O) groups is 2. The van der Waals surface area contributed by atoms with Gasteiger partial charge in [0.05, 0.1) is 36.7 Å². The SMILES string of the molecule is CONC(=O)c1cnc(C(=O)NC2CC2)cc1Nc1cccc(-c2noc(C)n2)c1OC. The second-order valence-corrected chi connectivity index (χ2v) is 7.15. The molecule has 0 aliphatic heterocycles. The zero-order chi connectivity index (χ0) is 22.7. The Morgan fingerprint density at radius 3 is 2.62 bits per heavy atom. The number of ether oxygens (including phenoxy) is 1. The number of hydrogen-bond donors (Lipinski definition) is 3. The Balaban J connectivity index is 1.73. The maximum atomic E-state index is 12.5. The van der Waals surface area contributed by atoms with Gasteiger partial charge in [-0.15, -0.1) is 0 Å². The van der Waals surface area contributed by atoms with E-state index in [0.717, 1.165) is 12.8 Å². The standard InChI is InChI=1S/C21H22N6O5/c1-11-23-19(26-32-11)13-5-4-6-15(18(13)30-2)25-16-9-17(21(29)24-12-7-8-12)22-10-14(16)20(28)27-31-3/h4-6,9-10,12H,7-8H2,1-3H3,(H,22,25)(H,24,29)(H,27,28). The summed E-state index contributed by atoms with van der Waals surface area (Å²) in [6, 6.07) is 7.01. The summed E-state index contributed by atoms with van der Waals surface area (Å²) < 4.78 is 10.7. The van der Waals surface area contributed by atoms with E-state index in [0.29, 0.717) is 34.4 Å². The van der Waals surface area contributed by atoms with Crippen LogP contribution in [0.25, 0.3) is 11.4 Å². The van der Waals surface area contributed by atoms with E-state index >= 15 is 0 Å². The predicted octanol–water partition coefficient (Wildman–Crippen LogP) is 2.38. The Morgan fingerprint density at radius 2 is 1.97 bits per heavy atom. The molecule has 11 heteroatoms. The summed E-state index contributed by atoms with van der Waals surface area (Å²) in [5, 5.41) is 10.00. The molecule has 2 aromatic heterocycles. The molecule has 4 rings (SSSR count). The average Bonchev–Trinajstić information content (AvgIpc) is 3.50. The summed E-state index contributed by atoms with van der Waals surface area (Å²) in [6.45, 7) is 1.69. The zero-order valence-electron chi connectivity index (χ0n) is 17.8. The van der Waals surface area contributed by atoms with Gasteiger partial charge in [-0.05, 0) is 31.0 Å².